The number of rotatable bonds is 3. The second-order valence-electron chi connectivity index (χ2n) is 11.6. The summed E-state index contributed by atoms with van der Waals surface area (Å²) in [4.78, 5) is 20.2. The van der Waals surface area contributed by atoms with E-state index in [1.807, 2.05) is 18.2 Å². The normalized spacial score (nSPS) is 23.8. The Labute approximate surface area is 222 Å². The molecule has 0 spiro atoms. The van der Waals surface area contributed by atoms with E-state index in [1.165, 1.54) is 75.0 Å². The Bertz CT molecular complexity index is 1420. The van der Waals surface area contributed by atoms with Crippen LogP contribution >= 0.6 is 15.9 Å². The first-order valence-corrected chi connectivity index (χ1v) is 14.2. The van der Waals surface area contributed by atoms with Gasteiger partial charge in [0.1, 0.15) is 5.82 Å². The van der Waals surface area contributed by atoms with Crippen LogP contribution in [0.1, 0.15) is 75.2 Å². The molecule has 0 radical (unpaired) electrons. The minimum atomic E-state index is -0.314. The Kier molecular flexibility index (Phi) is 6.09. The summed E-state index contributed by atoms with van der Waals surface area (Å²) >= 11 is 3.58. The number of fused-ring (bicyclic) bond motifs is 5. The van der Waals surface area contributed by atoms with Crippen molar-refractivity contribution in [3.05, 3.63) is 68.2 Å². The molecule has 0 bridgehead atoms. The van der Waals surface area contributed by atoms with Crippen LogP contribution in [0.3, 0.4) is 0 Å². The number of halogens is 1. The Morgan fingerprint density at radius 3 is 2.56 bits per heavy atom. The number of terminal acetylenes is 1. The number of aromatic nitrogens is 2. The number of piperidine rings is 1. The molecule has 4 nitrogen and oxygen atoms in total. The molecule has 2 aliphatic heterocycles. The van der Waals surface area contributed by atoms with Gasteiger partial charge in [-0.05, 0) is 123 Å². The van der Waals surface area contributed by atoms with Crippen LogP contribution < -0.4 is 5.56 Å². The summed E-state index contributed by atoms with van der Waals surface area (Å²) in [5, 5.41) is 0.653. The van der Waals surface area contributed by atoms with Gasteiger partial charge in [0.15, 0.2) is 0 Å². The predicted octanol–water partition coefficient (Wildman–Crippen LogP) is 6.41. The maximum Gasteiger partial charge on any atom is 0.281 e. The third-order valence-electron chi connectivity index (χ3n) is 9.02. The van der Waals surface area contributed by atoms with Gasteiger partial charge < -0.3 is 4.90 Å². The number of likely N-dealkylation sites (tertiary alicyclic amines) is 1. The van der Waals surface area contributed by atoms with Gasteiger partial charge in [0, 0.05) is 16.9 Å². The van der Waals surface area contributed by atoms with E-state index in [2.05, 4.69) is 68.3 Å². The summed E-state index contributed by atoms with van der Waals surface area (Å²) in [6.07, 6.45) is 13.0. The average Bonchev–Trinajstić information content (AvgIpc) is 3.11. The van der Waals surface area contributed by atoms with E-state index in [4.69, 9.17) is 6.42 Å². The minimum absolute atomic E-state index is 0.162. The van der Waals surface area contributed by atoms with E-state index in [0.717, 1.165) is 21.7 Å². The van der Waals surface area contributed by atoms with Crippen LogP contribution in [0.4, 0.5) is 0 Å². The molecule has 1 aromatic heterocycles. The van der Waals surface area contributed by atoms with E-state index in [9.17, 15) is 4.79 Å². The van der Waals surface area contributed by atoms with Crippen molar-refractivity contribution in [1.82, 2.24) is 14.5 Å². The summed E-state index contributed by atoms with van der Waals surface area (Å²) in [5.41, 5.74) is 4.28. The minimum Gasteiger partial charge on any atom is -0.303 e. The molecule has 0 N–H and O–H groups in total. The molecule has 36 heavy (non-hydrogen) atoms. The molecule has 3 heterocycles. The molecule has 2 fully saturated rings. The third kappa shape index (κ3) is 3.94. The number of benzene rings is 2. The predicted molar refractivity (Wildman–Crippen MR) is 150 cm³/mol. The van der Waals surface area contributed by atoms with Gasteiger partial charge in [0.2, 0.25) is 0 Å². The van der Waals surface area contributed by atoms with Gasteiger partial charge in [-0.25, -0.2) is 0 Å². The molecule has 186 valence electrons. The monoisotopic (exact) mass is 543 g/mol. The Balaban J connectivity index is 1.25. The maximum atomic E-state index is 12.9. The quantitative estimate of drug-likeness (QED) is 0.358. The van der Waals surface area contributed by atoms with Gasteiger partial charge >= 0.3 is 0 Å². The smallest absolute Gasteiger partial charge is 0.281 e. The van der Waals surface area contributed by atoms with Crippen molar-refractivity contribution < 1.29 is 0 Å². The average molecular weight is 545 g/mol. The summed E-state index contributed by atoms with van der Waals surface area (Å²) in [6, 6.07) is 12.9. The molecule has 1 saturated carbocycles. The lowest BCUT2D eigenvalue weighted by molar-refractivity contribution is 0.158. The summed E-state index contributed by atoms with van der Waals surface area (Å²) < 4.78 is 3.03. The zero-order chi connectivity index (χ0) is 25.0. The van der Waals surface area contributed by atoms with Crippen LogP contribution in [0, 0.1) is 24.2 Å². The number of hydrogen-bond acceptors (Lipinski definition) is 3. The Morgan fingerprint density at radius 2 is 1.83 bits per heavy atom. The molecule has 3 aromatic rings. The first-order chi connectivity index (χ1) is 17.4. The first-order valence-electron chi connectivity index (χ1n) is 13.4. The molecule has 1 aliphatic carbocycles. The van der Waals surface area contributed by atoms with Gasteiger partial charge in [0.05, 0.1) is 22.0 Å². The van der Waals surface area contributed by atoms with Crippen molar-refractivity contribution in [3.63, 3.8) is 0 Å². The molecule has 0 amide bonds. The molecule has 0 unspecified atom stereocenters. The van der Waals surface area contributed by atoms with Crippen molar-refractivity contribution in [1.29, 1.82) is 0 Å². The highest BCUT2D eigenvalue weighted by atomic mass is 79.9. The van der Waals surface area contributed by atoms with Crippen LogP contribution in [-0.2, 0) is 5.41 Å². The highest BCUT2D eigenvalue weighted by Gasteiger charge is 2.39. The fourth-order valence-corrected chi connectivity index (χ4v) is 7.38. The largest absolute Gasteiger partial charge is 0.303 e. The summed E-state index contributed by atoms with van der Waals surface area (Å²) in [7, 11) is 0. The van der Waals surface area contributed by atoms with E-state index in [1.54, 1.807) is 0 Å². The molecule has 5 heteroatoms. The Hall–Kier alpha value is -2.42. The van der Waals surface area contributed by atoms with Gasteiger partial charge in [-0.2, -0.15) is 4.98 Å². The fraction of sp³-hybridized carbons (Fsp3) is 0.484. The molecule has 2 aromatic carbocycles. The SMILES string of the molecule is C#CC1CCC(CN2CCC(c3ccc4c(c3)-n3c(nc(=O)c5c(Br)cccc53)C4(C)C)CC2)CC1. The second kappa shape index (κ2) is 9.15. The number of hydrogen-bond donors (Lipinski definition) is 0. The Morgan fingerprint density at radius 1 is 1.08 bits per heavy atom. The molecular weight excluding hydrogens is 510 g/mol. The van der Waals surface area contributed by atoms with Gasteiger partial charge in [-0.3, -0.25) is 9.36 Å². The van der Waals surface area contributed by atoms with E-state index < -0.39 is 0 Å². The van der Waals surface area contributed by atoms with E-state index in [-0.39, 0.29) is 11.0 Å². The standard InChI is InChI=1S/C31H34BrN3O/c1-4-20-8-10-21(11-9-20)19-34-16-14-22(15-17-34)23-12-13-24-27(18-23)35-26-7-5-6-25(32)28(26)29(36)33-30(35)31(24,2)3/h1,5-7,12-13,18,20-22H,8-11,14-17,19H2,2-3H3. The van der Waals surface area contributed by atoms with Crippen LogP contribution in [0.15, 0.2) is 45.7 Å². The first kappa shape index (κ1) is 23.9. The van der Waals surface area contributed by atoms with Gasteiger partial charge in [-0.1, -0.05) is 18.2 Å². The summed E-state index contributed by atoms with van der Waals surface area (Å²) in [6.45, 7) is 7.92. The molecule has 3 aliphatic rings. The topological polar surface area (TPSA) is 38.1 Å². The van der Waals surface area contributed by atoms with E-state index >= 15 is 0 Å². The zero-order valence-corrected chi connectivity index (χ0v) is 22.9. The zero-order valence-electron chi connectivity index (χ0n) is 21.3. The van der Waals surface area contributed by atoms with Crippen molar-refractivity contribution in [2.45, 2.75) is 63.7 Å². The third-order valence-corrected chi connectivity index (χ3v) is 9.68. The van der Waals surface area contributed by atoms with Crippen molar-refractivity contribution in [2.24, 2.45) is 11.8 Å². The van der Waals surface area contributed by atoms with Gasteiger partial charge in [-0.15, -0.1) is 12.3 Å². The summed E-state index contributed by atoms with van der Waals surface area (Å²) in [5.74, 6) is 5.68. The van der Waals surface area contributed by atoms with Crippen molar-refractivity contribution in [2.75, 3.05) is 19.6 Å². The molecule has 1 saturated heterocycles. The van der Waals surface area contributed by atoms with Crippen LogP contribution in [0.25, 0.3) is 16.6 Å². The fourth-order valence-electron chi connectivity index (χ4n) is 6.85. The van der Waals surface area contributed by atoms with Crippen LogP contribution in [-0.4, -0.2) is 34.1 Å². The highest BCUT2D eigenvalue weighted by molar-refractivity contribution is 9.10. The van der Waals surface area contributed by atoms with Crippen LogP contribution in [0.2, 0.25) is 0 Å². The van der Waals surface area contributed by atoms with Crippen molar-refractivity contribution >= 4 is 26.8 Å². The van der Waals surface area contributed by atoms with E-state index in [0.29, 0.717) is 17.2 Å². The molecular formula is C31H34BrN3O. The molecule has 0 atom stereocenters. The lowest BCUT2D eigenvalue weighted by atomic mass is 9.81. The number of nitrogens with zero attached hydrogens (tertiary/aromatic N) is 3. The lowest BCUT2D eigenvalue weighted by Crippen LogP contribution is -2.37. The van der Waals surface area contributed by atoms with Crippen molar-refractivity contribution in [3.8, 4) is 18.0 Å². The molecule has 6 rings (SSSR count). The van der Waals surface area contributed by atoms with Crippen LogP contribution in [0.5, 0.6) is 0 Å². The maximum absolute atomic E-state index is 12.9. The second-order valence-corrected chi connectivity index (χ2v) is 12.4. The van der Waals surface area contributed by atoms with Gasteiger partial charge in [0.25, 0.3) is 5.56 Å². The lowest BCUT2D eigenvalue weighted by Gasteiger charge is -2.36. The highest BCUT2D eigenvalue weighted by Crippen LogP contribution is 2.44.